The van der Waals surface area contributed by atoms with Crippen LogP contribution in [0.15, 0.2) is 41.1 Å². The number of hydrogen-bond acceptors (Lipinski definition) is 5. The van der Waals surface area contributed by atoms with Gasteiger partial charge in [0, 0.05) is 11.8 Å². The summed E-state index contributed by atoms with van der Waals surface area (Å²) in [5.41, 5.74) is 8.69. The van der Waals surface area contributed by atoms with Crippen LogP contribution in [0.3, 0.4) is 0 Å². The number of aromatic nitrogens is 4. The summed E-state index contributed by atoms with van der Waals surface area (Å²) in [6.07, 6.45) is 4.90. The molecule has 0 radical (unpaired) electrons. The maximum Gasteiger partial charge on any atom is 0.257 e. The molecule has 1 aliphatic carbocycles. The number of hydrogen-bond donors (Lipinski definition) is 1. The highest BCUT2D eigenvalue weighted by atomic mass is 35.5. The predicted molar refractivity (Wildman–Crippen MR) is 88.6 cm³/mol. The molecule has 1 aromatic carbocycles. The average Bonchev–Trinajstić information content (AvgIpc) is 3.14. The highest BCUT2D eigenvalue weighted by Crippen LogP contribution is 2.37. The Labute approximate surface area is 140 Å². The van der Waals surface area contributed by atoms with Gasteiger partial charge in [0.2, 0.25) is 0 Å². The summed E-state index contributed by atoms with van der Waals surface area (Å²) < 4.78 is 7.19. The number of rotatable bonds is 3. The second-order valence-electron chi connectivity index (χ2n) is 5.88. The summed E-state index contributed by atoms with van der Waals surface area (Å²) >= 11 is 0. The quantitative estimate of drug-likeness (QED) is 0.797. The van der Waals surface area contributed by atoms with E-state index in [9.17, 15) is 0 Å². The molecular weight excluding hydrogens is 314 g/mol. The highest BCUT2D eigenvalue weighted by Gasteiger charge is 2.39. The lowest BCUT2D eigenvalue weighted by atomic mass is 9.77. The van der Waals surface area contributed by atoms with Crippen LogP contribution in [0.25, 0.3) is 17.1 Å². The lowest BCUT2D eigenvalue weighted by Gasteiger charge is -2.34. The lowest BCUT2D eigenvalue weighted by molar-refractivity contribution is 0.229. The summed E-state index contributed by atoms with van der Waals surface area (Å²) in [6.45, 7) is 1.97. The Morgan fingerprint density at radius 1 is 1.17 bits per heavy atom. The van der Waals surface area contributed by atoms with Gasteiger partial charge in [-0.05, 0) is 56.5 Å². The maximum atomic E-state index is 6.22. The van der Waals surface area contributed by atoms with Crippen molar-refractivity contribution in [3.05, 3.63) is 48.0 Å². The first kappa shape index (κ1) is 15.7. The first-order valence-electron chi connectivity index (χ1n) is 7.40. The third-order valence-electron chi connectivity index (χ3n) is 4.22. The Hall–Kier alpha value is -2.18. The number of nitrogens with two attached hydrogens (primary N) is 1. The Bertz CT molecular complexity index is 804. The standard InChI is InChI=1S/C16H17N5O.ClH/c1-11-7-10-21(19-11)13-5-3-12(4-6-13)14-18-15(20-22-14)16(17)8-2-9-16;/h3-7,10H,2,8-9,17H2,1H3;1H. The van der Waals surface area contributed by atoms with Crippen molar-refractivity contribution in [2.45, 2.75) is 31.7 Å². The van der Waals surface area contributed by atoms with Crippen molar-refractivity contribution in [3.63, 3.8) is 0 Å². The molecule has 3 aromatic rings. The van der Waals surface area contributed by atoms with E-state index in [1.54, 1.807) is 0 Å². The van der Waals surface area contributed by atoms with Crippen LogP contribution in [0.4, 0.5) is 0 Å². The van der Waals surface area contributed by atoms with E-state index in [1.165, 1.54) is 0 Å². The Kier molecular flexibility index (Phi) is 3.95. The molecule has 120 valence electrons. The van der Waals surface area contributed by atoms with Gasteiger partial charge in [0.1, 0.15) is 0 Å². The molecule has 0 bridgehead atoms. The van der Waals surface area contributed by atoms with E-state index in [-0.39, 0.29) is 12.4 Å². The predicted octanol–water partition coefficient (Wildman–Crippen LogP) is 2.99. The molecule has 0 atom stereocenters. The van der Waals surface area contributed by atoms with Gasteiger partial charge >= 0.3 is 0 Å². The third kappa shape index (κ3) is 2.75. The van der Waals surface area contributed by atoms with Gasteiger partial charge in [-0.1, -0.05) is 5.16 Å². The van der Waals surface area contributed by atoms with Crippen molar-refractivity contribution >= 4 is 12.4 Å². The van der Waals surface area contributed by atoms with Crippen LogP contribution in [0.1, 0.15) is 30.8 Å². The third-order valence-corrected chi connectivity index (χ3v) is 4.22. The second kappa shape index (κ2) is 5.79. The lowest BCUT2D eigenvalue weighted by Crippen LogP contribution is -2.44. The number of halogens is 1. The van der Waals surface area contributed by atoms with Crippen LogP contribution < -0.4 is 5.73 Å². The van der Waals surface area contributed by atoms with Crippen molar-refractivity contribution in [2.24, 2.45) is 5.73 Å². The first-order valence-corrected chi connectivity index (χ1v) is 7.40. The molecule has 2 aromatic heterocycles. The fourth-order valence-corrected chi connectivity index (χ4v) is 2.64. The van der Waals surface area contributed by atoms with Crippen LogP contribution in [0.2, 0.25) is 0 Å². The monoisotopic (exact) mass is 331 g/mol. The van der Waals surface area contributed by atoms with Gasteiger partial charge in [0.05, 0.1) is 16.9 Å². The zero-order chi connectivity index (χ0) is 15.2. The highest BCUT2D eigenvalue weighted by molar-refractivity contribution is 5.85. The van der Waals surface area contributed by atoms with Crippen molar-refractivity contribution < 1.29 is 4.52 Å². The Morgan fingerprint density at radius 2 is 1.91 bits per heavy atom. The van der Waals surface area contributed by atoms with Gasteiger partial charge in [-0.2, -0.15) is 10.1 Å². The first-order chi connectivity index (χ1) is 10.6. The average molecular weight is 332 g/mol. The van der Waals surface area contributed by atoms with Crippen molar-refractivity contribution in [1.82, 2.24) is 19.9 Å². The molecule has 0 saturated heterocycles. The number of benzene rings is 1. The van der Waals surface area contributed by atoms with Crippen LogP contribution in [-0.4, -0.2) is 19.9 Å². The minimum atomic E-state index is -0.395. The van der Waals surface area contributed by atoms with Crippen molar-refractivity contribution in [2.75, 3.05) is 0 Å². The Morgan fingerprint density at radius 3 is 2.48 bits per heavy atom. The summed E-state index contributed by atoms with van der Waals surface area (Å²) in [7, 11) is 0. The van der Waals surface area contributed by atoms with E-state index in [4.69, 9.17) is 10.3 Å². The van der Waals surface area contributed by atoms with E-state index in [0.29, 0.717) is 11.7 Å². The minimum Gasteiger partial charge on any atom is -0.334 e. The zero-order valence-corrected chi connectivity index (χ0v) is 13.6. The molecule has 6 nitrogen and oxygen atoms in total. The molecule has 0 unspecified atom stereocenters. The molecule has 23 heavy (non-hydrogen) atoms. The molecule has 1 saturated carbocycles. The molecule has 1 fully saturated rings. The van der Waals surface area contributed by atoms with E-state index in [1.807, 2.05) is 48.1 Å². The van der Waals surface area contributed by atoms with Crippen LogP contribution in [0.5, 0.6) is 0 Å². The molecule has 7 heteroatoms. The molecular formula is C16H18ClN5O. The van der Waals surface area contributed by atoms with Gasteiger partial charge in [0.25, 0.3) is 5.89 Å². The fourth-order valence-electron chi connectivity index (χ4n) is 2.64. The summed E-state index contributed by atoms with van der Waals surface area (Å²) in [6, 6.07) is 9.83. The molecule has 4 rings (SSSR count). The van der Waals surface area contributed by atoms with Gasteiger partial charge in [-0.3, -0.25) is 0 Å². The van der Waals surface area contributed by atoms with Crippen LogP contribution >= 0.6 is 12.4 Å². The molecule has 0 spiro atoms. The smallest absolute Gasteiger partial charge is 0.257 e. The van der Waals surface area contributed by atoms with Crippen LogP contribution in [0, 0.1) is 6.92 Å². The topological polar surface area (TPSA) is 82.8 Å². The summed E-state index contributed by atoms with van der Waals surface area (Å²) in [5, 5.41) is 8.43. The number of nitrogens with zero attached hydrogens (tertiary/aromatic N) is 4. The van der Waals surface area contributed by atoms with Gasteiger partial charge < -0.3 is 10.3 Å². The number of aryl methyl sites for hydroxylation is 1. The summed E-state index contributed by atoms with van der Waals surface area (Å²) in [4.78, 5) is 4.46. The molecule has 1 aliphatic rings. The molecule has 2 heterocycles. The normalized spacial score (nSPS) is 15.7. The van der Waals surface area contributed by atoms with Gasteiger partial charge in [-0.15, -0.1) is 12.4 Å². The Balaban J connectivity index is 0.00000156. The maximum absolute atomic E-state index is 6.22. The fraction of sp³-hybridized carbons (Fsp3) is 0.312. The molecule has 0 amide bonds. The second-order valence-corrected chi connectivity index (χ2v) is 5.88. The molecule has 2 N–H and O–H groups in total. The zero-order valence-electron chi connectivity index (χ0n) is 12.8. The van der Waals surface area contributed by atoms with E-state index >= 15 is 0 Å². The largest absolute Gasteiger partial charge is 0.334 e. The SMILES string of the molecule is Cc1ccn(-c2ccc(-c3nc(C4(N)CCC4)no3)cc2)n1.Cl. The van der Waals surface area contributed by atoms with Crippen molar-refractivity contribution in [3.8, 4) is 17.1 Å². The van der Waals surface area contributed by atoms with Crippen molar-refractivity contribution in [1.29, 1.82) is 0 Å². The van der Waals surface area contributed by atoms with E-state index in [2.05, 4.69) is 15.2 Å². The van der Waals surface area contributed by atoms with Gasteiger partial charge in [-0.25, -0.2) is 4.68 Å². The van der Waals surface area contributed by atoms with Crippen LogP contribution in [-0.2, 0) is 5.54 Å². The van der Waals surface area contributed by atoms with E-state index in [0.717, 1.165) is 36.2 Å². The summed E-state index contributed by atoms with van der Waals surface area (Å²) in [5.74, 6) is 1.12. The molecule has 0 aliphatic heterocycles. The van der Waals surface area contributed by atoms with Gasteiger partial charge in [0.15, 0.2) is 5.82 Å². The minimum absolute atomic E-state index is 0. The van der Waals surface area contributed by atoms with E-state index < -0.39 is 5.54 Å².